The molecule has 0 unspecified atom stereocenters. The Hall–Kier alpha value is -1.27. The summed E-state index contributed by atoms with van der Waals surface area (Å²) in [5.41, 5.74) is 0.0434. The highest BCUT2D eigenvalue weighted by Gasteiger charge is 2.17. The quantitative estimate of drug-likeness (QED) is 0.539. The first-order valence-corrected chi connectivity index (χ1v) is 5.94. The van der Waals surface area contributed by atoms with Crippen molar-refractivity contribution in [2.24, 2.45) is 0 Å². The predicted molar refractivity (Wildman–Crippen MR) is 56.7 cm³/mol. The average Bonchev–Trinajstić information content (AvgIpc) is 2.14. The molecule has 0 aliphatic rings. The van der Waals surface area contributed by atoms with E-state index in [1.807, 2.05) is 6.92 Å². The summed E-state index contributed by atoms with van der Waals surface area (Å²) in [5.74, 6) is -0.196. The van der Waals surface area contributed by atoms with Crippen LogP contribution in [0.15, 0.2) is 23.1 Å². The molecule has 0 atom stereocenters. The predicted octanol–water partition coefficient (Wildman–Crippen LogP) is 1.46. The molecule has 84 valence electrons. The smallest absolute Gasteiger partial charge is 0.296 e. The normalized spacial score (nSPS) is 11.3. The van der Waals surface area contributed by atoms with Gasteiger partial charge in [-0.05, 0) is 18.6 Å². The first-order valence-electron chi connectivity index (χ1n) is 4.50. The van der Waals surface area contributed by atoms with Crippen LogP contribution in [0.4, 0.5) is 5.69 Å². The second-order valence-corrected chi connectivity index (χ2v) is 4.44. The van der Waals surface area contributed by atoms with E-state index in [-0.39, 0.29) is 16.3 Å². The molecule has 5 nitrogen and oxygen atoms in total. The molecule has 0 aliphatic carbocycles. The van der Waals surface area contributed by atoms with Crippen molar-refractivity contribution in [2.45, 2.75) is 18.2 Å². The van der Waals surface area contributed by atoms with Gasteiger partial charge in [-0.15, -0.1) is 0 Å². The van der Waals surface area contributed by atoms with Crippen LogP contribution in [0.3, 0.4) is 0 Å². The molecular formula is C9H13NO4S. The number of anilines is 1. The molecule has 6 heteroatoms. The van der Waals surface area contributed by atoms with E-state index in [4.69, 9.17) is 4.55 Å². The molecule has 0 saturated heterocycles. The maximum Gasteiger partial charge on any atom is 0.296 e. The van der Waals surface area contributed by atoms with Crippen molar-refractivity contribution in [3.63, 3.8) is 0 Å². The minimum atomic E-state index is -4.31. The molecule has 0 aromatic heterocycles. The SMILES string of the molecule is CCCNc1c(O)cccc1S(=O)(=O)O. The molecule has 1 aromatic rings. The molecule has 0 fully saturated rings. The topological polar surface area (TPSA) is 86.6 Å². The van der Waals surface area contributed by atoms with Crippen LogP contribution in [0.1, 0.15) is 13.3 Å². The van der Waals surface area contributed by atoms with E-state index in [0.29, 0.717) is 6.54 Å². The number of benzene rings is 1. The number of hydrogen-bond acceptors (Lipinski definition) is 4. The van der Waals surface area contributed by atoms with E-state index in [2.05, 4.69) is 5.32 Å². The number of rotatable bonds is 4. The minimum absolute atomic E-state index is 0.0434. The van der Waals surface area contributed by atoms with Crippen LogP contribution in [0, 0.1) is 0 Å². The second kappa shape index (κ2) is 4.50. The van der Waals surface area contributed by atoms with E-state index < -0.39 is 10.1 Å². The van der Waals surface area contributed by atoms with Gasteiger partial charge in [-0.25, -0.2) is 0 Å². The Labute approximate surface area is 88.5 Å². The van der Waals surface area contributed by atoms with Gasteiger partial charge in [0.05, 0.1) is 5.69 Å². The van der Waals surface area contributed by atoms with Crippen molar-refractivity contribution in [1.29, 1.82) is 0 Å². The summed E-state index contributed by atoms with van der Waals surface area (Å²) in [6, 6.07) is 3.94. The van der Waals surface area contributed by atoms with Crippen molar-refractivity contribution >= 4 is 15.8 Å². The van der Waals surface area contributed by atoms with Crippen molar-refractivity contribution in [1.82, 2.24) is 0 Å². The van der Waals surface area contributed by atoms with Gasteiger partial charge in [0.15, 0.2) is 0 Å². The fraction of sp³-hybridized carbons (Fsp3) is 0.333. The summed E-state index contributed by atoms with van der Waals surface area (Å²) in [4.78, 5) is -0.309. The zero-order valence-electron chi connectivity index (χ0n) is 8.27. The van der Waals surface area contributed by atoms with Crippen LogP contribution in [-0.4, -0.2) is 24.6 Å². The van der Waals surface area contributed by atoms with Crippen LogP contribution in [0.25, 0.3) is 0 Å². The van der Waals surface area contributed by atoms with Crippen LogP contribution in [0.5, 0.6) is 5.75 Å². The number of nitrogens with one attached hydrogen (secondary N) is 1. The Morgan fingerprint density at radius 1 is 1.40 bits per heavy atom. The molecule has 1 rings (SSSR count). The lowest BCUT2D eigenvalue weighted by molar-refractivity contribution is 0.468. The largest absolute Gasteiger partial charge is 0.506 e. The van der Waals surface area contributed by atoms with Crippen molar-refractivity contribution < 1.29 is 18.1 Å². The Balaban J connectivity index is 3.21. The van der Waals surface area contributed by atoms with E-state index in [0.717, 1.165) is 6.42 Å². The molecule has 15 heavy (non-hydrogen) atoms. The standard InChI is InChI=1S/C9H13NO4S/c1-2-6-10-9-7(11)4-3-5-8(9)15(12,13)14/h3-5,10-11H,2,6H2,1H3,(H,12,13,14). The average molecular weight is 231 g/mol. The third kappa shape index (κ3) is 2.84. The Morgan fingerprint density at radius 2 is 2.07 bits per heavy atom. The van der Waals surface area contributed by atoms with Gasteiger partial charge in [0, 0.05) is 6.54 Å². The molecular weight excluding hydrogens is 218 g/mol. The molecule has 0 saturated carbocycles. The summed E-state index contributed by atoms with van der Waals surface area (Å²) in [6.45, 7) is 2.42. The van der Waals surface area contributed by atoms with Crippen molar-refractivity contribution in [3.8, 4) is 5.75 Å². The number of aromatic hydroxyl groups is 1. The van der Waals surface area contributed by atoms with Crippen LogP contribution in [-0.2, 0) is 10.1 Å². The number of phenolic OH excluding ortho intramolecular Hbond substituents is 1. The summed E-state index contributed by atoms with van der Waals surface area (Å²) in [7, 11) is -4.31. The van der Waals surface area contributed by atoms with Gasteiger partial charge in [-0.3, -0.25) is 4.55 Å². The molecule has 0 spiro atoms. The van der Waals surface area contributed by atoms with Crippen molar-refractivity contribution in [3.05, 3.63) is 18.2 Å². The Kier molecular flexibility index (Phi) is 3.54. The molecule has 1 aromatic carbocycles. The summed E-state index contributed by atoms with van der Waals surface area (Å²) in [6.07, 6.45) is 0.777. The molecule has 3 N–H and O–H groups in total. The van der Waals surface area contributed by atoms with E-state index in [9.17, 15) is 13.5 Å². The maximum atomic E-state index is 11.0. The van der Waals surface area contributed by atoms with Crippen LogP contribution < -0.4 is 5.32 Å². The molecule has 0 heterocycles. The molecule has 0 aliphatic heterocycles. The maximum absolute atomic E-state index is 11.0. The van der Waals surface area contributed by atoms with Gasteiger partial charge in [-0.2, -0.15) is 8.42 Å². The zero-order chi connectivity index (χ0) is 11.5. The van der Waals surface area contributed by atoms with Gasteiger partial charge < -0.3 is 10.4 Å². The highest BCUT2D eigenvalue weighted by atomic mass is 32.2. The zero-order valence-corrected chi connectivity index (χ0v) is 9.08. The van der Waals surface area contributed by atoms with Gasteiger partial charge in [0.1, 0.15) is 10.6 Å². The number of hydrogen-bond donors (Lipinski definition) is 3. The minimum Gasteiger partial charge on any atom is -0.506 e. The monoisotopic (exact) mass is 231 g/mol. The summed E-state index contributed by atoms with van der Waals surface area (Å²) in [5, 5.41) is 12.2. The van der Waals surface area contributed by atoms with Crippen LogP contribution >= 0.6 is 0 Å². The third-order valence-electron chi connectivity index (χ3n) is 1.83. The number of para-hydroxylation sites is 1. The van der Waals surface area contributed by atoms with E-state index in [1.54, 1.807) is 0 Å². The van der Waals surface area contributed by atoms with Gasteiger partial charge in [-0.1, -0.05) is 13.0 Å². The van der Waals surface area contributed by atoms with Gasteiger partial charge >= 0.3 is 0 Å². The van der Waals surface area contributed by atoms with E-state index in [1.165, 1.54) is 18.2 Å². The lowest BCUT2D eigenvalue weighted by atomic mass is 10.3. The molecule has 0 radical (unpaired) electrons. The highest BCUT2D eigenvalue weighted by Crippen LogP contribution is 2.30. The fourth-order valence-electron chi connectivity index (χ4n) is 1.16. The fourth-order valence-corrected chi connectivity index (χ4v) is 1.85. The highest BCUT2D eigenvalue weighted by molar-refractivity contribution is 7.86. The van der Waals surface area contributed by atoms with E-state index >= 15 is 0 Å². The lowest BCUT2D eigenvalue weighted by Crippen LogP contribution is -2.07. The molecule has 0 bridgehead atoms. The summed E-state index contributed by atoms with van der Waals surface area (Å²) >= 11 is 0. The lowest BCUT2D eigenvalue weighted by Gasteiger charge is -2.10. The Morgan fingerprint density at radius 3 is 2.60 bits per heavy atom. The van der Waals surface area contributed by atoms with Crippen LogP contribution in [0.2, 0.25) is 0 Å². The third-order valence-corrected chi connectivity index (χ3v) is 2.73. The summed E-state index contributed by atoms with van der Waals surface area (Å²) < 4.78 is 30.9. The van der Waals surface area contributed by atoms with Crippen molar-refractivity contribution in [2.75, 3.05) is 11.9 Å². The molecule has 0 amide bonds. The second-order valence-electron chi connectivity index (χ2n) is 3.05. The number of phenols is 1. The Bertz CT molecular complexity index is 441. The van der Waals surface area contributed by atoms with Gasteiger partial charge in [0.2, 0.25) is 0 Å². The van der Waals surface area contributed by atoms with Gasteiger partial charge in [0.25, 0.3) is 10.1 Å². The first kappa shape index (κ1) is 11.8. The first-order chi connectivity index (χ1) is 6.96.